The van der Waals surface area contributed by atoms with Crippen LogP contribution in [0.4, 0.5) is 0 Å². The molecule has 4 aromatic carbocycles. The van der Waals surface area contributed by atoms with E-state index in [1.807, 2.05) is 0 Å². The SMILES string of the molecule is COCOc1ccc2ccccc2c1-c1c2n(c3c(C)cccc13)Cc1ccccc1-2. The number of fused-ring (bicyclic) bond motifs is 6. The van der Waals surface area contributed by atoms with E-state index in [4.69, 9.17) is 9.47 Å². The van der Waals surface area contributed by atoms with Crippen LogP contribution in [0.25, 0.3) is 44.1 Å². The molecule has 0 aliphatic carbocycles. The highest BCUT2D eigenvalue weighted by molar-refractivity contribution is 6.14. The Morgan fingerprint density at radius 3 is 2.52 bits per heavy atom. The first-order valence-electron chi connectivity index (χ1n) is 10.6. The summed E-state index contributed by atoms with van der Waals surface area (Å²) in [5.41, 5.74) is 8.91. The van der Waals surface area contributed by atoms with Gasteiger partial charge in [0.1, 0.15) is 5.75 Å². The van der Waals surface area contributed by atoms with Gasteiger partial charge in [-0.15, -0.1) is 0 Å². The number of hydrogen-bond donors (Lipinski definition) is 0. The molecule has 0 unspecified atom stereocenters. The normalized spacial score (nSPS) is 12.3. The molecule has 1 aromatic heterocycles. The third-order valence-electron chi connectivity index (χ3n) is 6.36. The third-order valence-corrected chi connectivity index (χ3v) is 6.36. The number of para-hydroxylation sites is 1. The van der Waals surface area contributed by atoms with Gasteiger partial charge in [-0.1, -0.05) is 72.8 Å². The maximum atomic E-state index is 6.11. The maximum Gasteiger partial charge on any atom is 0.188 e. The van der Waals surface area contributed by atoms with Crippen molar-refractivity contribution in [2.24, 2.45) is 0 Å². The van der Waals surface area contributed by atoms with E-state index in [-0.39, 0.29) is 6.79 Å². The second-order valence-electron chi connectivity index (χ2n) is 8.15. The Hall–Kier alpha value is -3.56. The second-order valence-corrected chi connectivity index (χ2v) is 8.15. The molecule has 1 aliphatic heterocycles. The number of ether oxygens (including phenoxy) is 2. The third kappa shape index (κ3) is 2.63. The van der Waals surface area contributed by atoms with Gasteiger partial charge in [-0.2, -0.15) is 0 Å². The number of rotatable bonds is 4. The van der Waals surface area contributed by atoms with Crippen LogP contribution in [0.1, 0.15) is 11.1 Å². The summed E-state index contributed by atoms with van der Waals surface area (Å²) in [7, 11) is 1.66. The highest BCUT2D eigenvalue weighted by Gasteiger charge is 2.29. The van der Waals surface area contributed by atoms with Crippen LogP contribution in [0.5, 0.6) is 5.75 Å². The first kappa shape index (κ1) is 18.2. The Kier molecular flexibility index (Phi) is 4.12. The van der Waals surface area contributed by atoms with Gasteiger partial charge in [0.15, 0.2) is 6.79 Å². The Morgan fingerprint density at radius 1 is 0.806 bits per heavy atom. The number of aromatic nitrogens is 1. The van der Waals surface area contributed by atoms with Crippen molar-refractivity contribution in [1.29, 1.82) is 0 Å². The summed E-state index contributed by atoms with van der Waals surface area (Å²) in [5, 5.41) is 3.66. The predicted molar refractivity (Wildman–Crippen MR) is 127 cm³/mol. The van der Waals surface area contributed by atoms with Gasteiger partial charge < -0.3 is 14.0 Å². The van der Waals surface area contributed by atoms with E-state index in [0.717, 1.165) is 17.9 Å². The van der Waals surface area contributed by atoms with E-state index in [9.17, 15) is 0 Å². The molecule has 152 valence electrons. The fraction of sp³-hybridized carbons (Fsp3) is 0.143. The average Bonchev–Trinajstić information content (AvgIpc) is 3.32. The van der Waals surface area contributed by atoms with E-state index in [0.29, 0.717) is 0 Å². The zero-order chi connectivity index (χ0) is 20.9. The van der Waals surface area contributed by atoms with Crippen molar-refractivity contribution < 1.29 is 9.47 Å². The summed E-state index contributed by atoms with van der Waals surface area (Å²) in [6.45, 7) is 3.31. The standard InChI is InChI=1S/C28H23NO2/c1-18-8-7-13-23-26(28-22-12-6-4-10-20(22)16-29(28)27(18)23)25-21-11-5-3-9-19(21)14-15-24(25)31-17-30-2/h3-15H,16-17H2,1-2H3. The molecule has 5 aromatic rings. The smallest absolute Gasteiger partial charge is 0.188 e. The van der Waals surface area contributed by atoms with Crippen molar-refractivity contribution in [2.75, 3.05) is 13.9 Å². The molecule has 0 saturated heterocycles. The summed E-state index contributed by atoms with van der Waals surface area (Å²) in [4.78, 5) is 0. The lowest BCUT2D eigenvalue weighted by molar-refractivity contribution is 0.0516. The Labute approximate surface area is 181 Å². The first-order chi connectivity index (χ1) is 15.3. The van der Waals surface area contributed by atoms with Crippen molar-refractivity contribution in [3.05, 3.63) is 90.0 Å². The van der Waals surface area contributed by atoms with Crippen LogP contribution in [0.2, 0.25) is 0 Å². The predicted octanol–water partition coefficient (Wildman–Crippen LogP) is 6.78. The molecule has 0 fully saturated rings. The number of methoxy groups -OCH3 is 1. The molecule has 0 spiro atoms. The minimum absolute atomic E-state index is 0.217. The Morgan fingerprint density at radius 2 is 1.61 bits per heavy atom. The molecular formula is C28H23NO2. The molecule has 2 heterocycles. The highest BCUT2D eigenvalue weighted by Crippen LogP contribution is 2.50. The van der Waals surface area contributed by atoms with Gasteiger partial charge in [0.05, 0.1) is 11.2 Å². The second kappa shape index (κ2) is 7.00. The number of aryl methyl sites for hydroxylation is 1. The lowest BCUT2D eigenvalue weighted by Gasteiger charge is -2.15. The zero-order valence-electron chi connectivity index (χ0n) is 17.7. The van der Waals surface area contributed by atoms with Gasteiger partial charge in [0, 0.05) is 35.7 Å². The summed E-state index contributed by atoms with van der Waals surface area (Å²) in [6, 6.07) is 28.1. The van der Waals surface area contributed by atoms with Gasteiger partial charge in [0.25, 0.3) is 0 Å². The van der Waals surface area contributed by atoms with E-state index < -0.39 is 0 Å². The Balaban J connectivity index is 1.79. The van der Waals surface area contributed by atoms with E-state index in [1.54, 1.807) is 7.11 Å². The van der Waals surface area contributed by atoms with Gasteiger partial charge in [0.2, 0.25) is 0 Å². The molecule has 31 heavy (non-hydrogen) atoms. The summed E-state index contributed by atoms with van der Waals surface area (Å²) >= 11 is 0. The van der Waals surface area contributed by atoms with Crippen LogP contribution < -0.4 is 4.74 Å². The first-order valence-corrected chi connectivity index (χ1v) is 10.6. The Bertz CT molecular complexity index is 1460. The molecule has 1 aliphatic rings. The van der Waals surface area contributed by atoms with Crippen molar-refractivity contribution in [2.45, 2.75) is 13.5 Å². The molecule has 0 radical (unpaired) electrons. The minimum atomic E-state index is 0.217. The van der Waals surface area contributed by atoms with Crippen molar-refractivity contribution in [3.63, 3.8) is 0 Å². The molecule has 0 N–H and O–H groups in total. The maximum absolute atomic E-state index is 6.11. The van der Waals surface area contributed by atoms with Crippen LogP contribution in [-0.4, -0.2) is 18.5 Å². The van der Waals surface area contributed by atoms with Gasteiger partial charge in [-0.05, 0) is 34.9 Å². The monoisotopic (exact) mass is 405 g/mol. The summed E-state index contributed by atoms with van der Waals surface area (Å²) in [6.07, 6.45) is 0. The lowest BCUT2D eigenvalue weighted by atomic mass is 9.92. The van der Waals surface area contributed by atoms with Gasteiger partial charge >= 0.3 is 0 Å². The summed E-state index contributed by atoms with van der Waals surface area (Å²) in [5.74, 6) is 0.849. The van der Waals surface area contributed by atoms with Crippen LogP contribution in [0.3, 0.4) is 0 Å². The van der Waals surface area contributed by atoms with E-state index in [2.05, 4.69) is 90.4 Å². The van der Waals surface area contributed by atoms with Gasteiger partial charge in [-0.3, -0.25) is 0 Å². The van der Waals surface area contributed by atoms with Crippen molar-refractivity contribution in [3.8, 4) is 28.1 Å². The zero-order valence-corrected chi connectivity index (χ0v) is 17.7. The van der Waals surface area contributed by atoms with Crippen LogP contribution in [-0.2, 0) is 11.3 Å². The lowest BCUT2D eigenvalue weighted by Crippen LogP contribution is -2.01. The quantitative estimate of drug-likeness (QED) is 0.302. The molecule has 0 amide bonds. The number of benzene rings is 4. The number of nitrogens with zero attached hydrogens (tertiary/aromatic N) is 1. The molecular weight excluding hydrogens is 382 g/mol. The van der Waals surface area contributed by atoms with Gasteiger partial charge in [-0.25, -0.2) is 0 Å². The molecule has 0 bridgehead atoms. The van der Waals surface area contributed by atoms with Crippen LogP contribution >= 0.6 is 0 Å². The van der Waals surface area contributed by atoms with Crippen molar-refractivity contribution >= 4 is 21.7 Å². The molecule has 3 nitrogen and oxygen atoms in total. The fourth-order valence-electron chi connectivity index (χ4n) is 5.10. The highest BCUT2D eigenvalue weighted by atomic mass is 16.7. The number of hydrogen-bond acceptors (Lipinski definition) is 2. The largest absolute Gasteiger partial charge is 0.467 e. The van der Waals surface area contributed by atoms with E-state index in [1.165, 1.54) is 49.6 Å². The van der Waals surface area contributed by atoms with Crippen LogP contribution in [0, 0.1) is 6.92 Å². The molecule has 6 rings (SSSR count). The minimum Gasteiger partial charge on any atom is -0.467 e. The molecule has 0 saturated carbocycles. The van der Waals surface area contributed by atoms with E-state index >= 15 is 0 Å². The fourth-order valence-corrected chi connectivity index (χ4v) is 5.10. The molecule has 3 heteroatoms. The topological polar surface area (TPSA) is 23.4 Å². The van der Waals surface area contributed by atoms with Crippen molar-refractivity contribution in [1.82, 2.24) is 4.57 Å². The summed E-state index contributed by atoms with van der Waals surface area (Å²) < 4.78 is 13.9. The van der Waals surface area contributed by atoms with Crippen LogP contribution in [0.15, 0.2) is 78.9 Å². The molecule has 0 atom stereocenters. The average molecular weight is 405 g/mol.